The second kappa shape index (κ2) is 6.67. The van der Waals surface area contributed by atoms with Crippen molar-refractivity contribution in [2.75, 3.05) is 30.4 Å². The van der Waals surface area contributed by atoms with Crippen LogP contribution in [0.4, 0.5) is 16.3 Å². The van der Waals surface area contributed by atoms with Crippen molar-refractivity contribution in [2.45, 2.75) is 19.4 Å². The van der Waals surface area contributed by atoms with Gasteiger partial charge < -0.3 is 20.1 Å². The second-order valence-electron chi connectivity index (χ2n) is 6.73. The quantitative estimate of drug-likeness (QED) is 0.761. The van der Waals surface area contributed by atoms with Gasteiger partial charge in [0.1, 0.15) is 17.8 Å². The summed E-state index contributed by atoms with van der Waals surface area (Å²) in [4.78, 5) is 28.4. The van der Waals surface area contributed by atoms with Gasteiger partial charge in [-0.05, 0) is 31.5 Å². The zero-order chi connectivity index (χ0) is 18.1. The number of benzene rings is 1. The van der Waals surface area contributed by atoms with Crippen molar-refractivity contribution in [2.24, 2.45) is 0 Å². The summed E-state index contributed by atoms with van der Waals surface area (Å²) in [6.07, 6.45) is 4.36. The first kappa shape index (κ1) is 16.4. The monoisotopic (exact) mass is 350 g/mol. The van der Waals surface area contributed by atoms with E-state index in [0.29, 0.717) is 0 Å². The van der Waals surface area contributed by atoms with Crippen LogP contribution in [0.5, 0.6) is 0 Å². The predicted molar refractivity (Wildman–Crippen MR) is 102 cm³/mol. The molecule has 0 aliphatic carbocycles. The molecule has 0 saturated carbocycles. The summed E-state index contributed by atoms with van der Waals surface area (Å²) in [5.41, 5.74) is 2.82. The summed E-state index contributed by atoms with van der Waals surface area (Å²) in [6.45, 7) is 3.65. The highest BCUT2D eigenvalue weighted by molar-refractivity contribution is 5.90. The Morgan fingerprint density at radius 1 is 1.27 bits per heavy atom. The lowest BCUT2D eigenvalue weighted by Gasteiger charge is -2.25. The lowest BCUT2D eigenvalue weighted by Crippen LogP contribution is -2.41. The molecule has 1 fully saturated rings. The molecule has 2 aromatic heterocycles. The molecule has 3 heterocycles. The van der Waals surface area contributed by atoms with Gasteiger partial charge in [-0.2, -0.15) is 0 Å². The van der Waals surface area contributed by atoms with Crippen LogP contribution in [0.1, 0.15) is 12.0 Å². The molecule has 2 N–H and O–H groups in total. The number of urea groups is 1. The Kier molecular flexibility index (Phi) is 4.20. The predicted octanol–water partition coefficient (Wildman–Crippen LogP) is 3.01. The zero-order valence-corrected chi connectivity index (χ0v) is 14.9. The Bertz CT molecular complexity index is 919. The summed E-state index contributed by atoms with van der Waals surface area (Å²) >= 11 is 0. The summed E-state index contributed by atoms with van der Waals surface area (Å²) in [6, 6.07) is 9.87. The molecule has 0 radical (unpaired) electrons. The van der Waals surface area contributed by atoms with Crippen molar-refractivity contribution in [3.05, 3.63) is 48.4 Å². The van der Waals surface area contributed by atoms with Crippen LogP contribution in [-0.4, -0.2) is 52.1 Å². The standard InChI is InChI=1S/C19H22N6O/c1-13-3-5-14(6-4-13)23-19(26)24(2)15-8-10-25(11-15)18-16-7-9-20-17(16)21-12-22-18/h3-7,9,12,15H,8,10-11H2,1-2H3,(H,23,26)(H,20,21,22). The lowest BCUT2D eigenvalue weighted by atomic mass is 10.2. The number of nitrogens with zero attached hydrogens (tertiary/aromatic N) is 4. The maximum atomic E-state index is 12.6. The molecule has 0 spiro atoms. The number of aromatic nitrogens is 3. The molecule has 7 heteroatoms. The topological polar surface area (TPSA) is 77.2 Å². The molecule has 1 aliphatic rings. The number of likely N-dealkylation sites (N-methyl/N-ethyl adjacent to an activating group) is 1. The second-order valence-corrected chi connectivity index (χ2v) is 6.73. The fraction of sp³-hybridized carbons (Fsp3) is 0.316. The van der Waals surface area contributed by atoms with E-state index in [1.165, 1.54) is 5.56 Å². The number of nitrogens with one attached hydrogen (secondary N) is 2. The maximum absolute atomic E-state index is 12.6. The first-order valence-corrected chi connectivity index (χ1v) is 8.75. The van der Waals surface area contributed by atoms with E-state index in [4.69, 9.17) is 0 Å². The third-order valence-electron chi connectivity index (χ3n) is 4.97. The first-order valence-electron chi connectivity index (χ1n) is 8.75. The Morgan fingerprint density at radius 2 is 2.08 bits per heavy atom. The molecule has 1 unspecified atom stereocenters. The third kappa shape index (κ3) is 3.08. The Hall–Kier alpha value is -3.09. The van der Waals surface area contributed by atoms with E-state index in [1.807, 2.05) is 50.5 Å². The normalized spacial score (nSPS) is 16.8. The molecule has 7 nitrogen and oxygen atoms in total. The largest absolute Gasteiger partial charge is 0.354 e. The van der Waals surface area contributed by atoms with E-state index < -0.39 is 0 Å². The van der Waals surface area contributed by atoms with Crippen LogP contribution >= 0.6 is 0 Å². The van der Waals surface area contributed by atoms with Gasteiger partial charge in [0.05, 0.1) is 11.4 Å². The van der Waals surface area contributed by atoms with Crippen molar-refractivity contribution < 1.29 is 4.79 Å². The summed E-state index contributed by atoms with van der Waals surface area (Å²) < 4.78 is 0. The number of aryl methyl sites for hydroxylation is 1. The fourth-order valence-electron chi connectivity index (χ4n) is 3.38. The van der Waals surface area contributed by atoms with Gasteiger partial charge in [0.25, 0.3) is 0 Å². The summed E-state index contributed by atoms with van der Waals surface area (Å²) in [7, 11) is 1.85. The number of H-pyrrole nitrogens is 1. The molecule has 26 heavy (non-hydrogen) atoms. The van der Waals surface area contributed by atoms with Crippen LogP contribution in [0.3, 0.4) is 0 Å². The average Bonchev–Trinajstić information content (AvgIpc) is 3.32. The maximum Gasteiger partial charge on any atom is 0.321 e. The molecule has 1 aliphatic heterocycles. The molecule has 3 aromatic rings. The van der Waals surface area contributed by atoms with Gasteiger partial charge in [0, 0.05) is 32.0 Å². The smallest absolute Gasteiger partial charge is 0.321 e. The van der Waals surface area contributed by atoms with Crippen LogP contribution in [0.2, 0.25) is 0 Å². The van der Waals surface area contributed by atoms with E-state index in [9.17, 15) is 4.79 Å². The van der Waals surface area contributed by atoms with Gasteiger partial charge in [-0.25, -0.2) is 14.8 Å². The number of hydrogen-bond acceptors (Lipinski definition) is 4. The number of anilines is 2. The number of fused-ring (bicyclic) bond motifs is 1. The Morgan fingerprint density at radius 3 is 2.88 bits per heavy atom. The molecule has 0 bridgehead atoms. The van der Waals surface area contributed by atoms with Crippen LogP contribution < -0.4 is 10.2 Å². The van der Waals surface area contributed by atoms with Crippen LogP contribution in [0.25, 0.3) is 11.0 Å². The molecular weight excluding hydrogens is 328 g/mol. The molecule has 1 saturated heterocycles. The van der Waals surface area contributed by atoms with Crippen LogP contribution in [0, 0.1) is 6.92 Å². The number of hydrogen-bond donors (Lipinski definition) is 2. The van der Waals surface area contributed by atoms with Crippen molar-refractivity contribution in [3.63, 3.8) is 0 Å². The first-order chi connectivity index (χ1) is 12.6. The van der Waals surface area contributed by atoms with E-state index in [-0.39, 0.29) is 12.1 Å². The van der Waals surface area contributed by atoms with Gasteiger partial charge in [-0.3, -0.25) is 0 Å². The van der Waals surface area contributed by atoms with Crippen LogP contribution in [-0.2, 0) is 0 Å². The van der Waals surface area contributed by atoms with Gasteiger partial charge in [-0.1, -0.05) is 17.7 Å². The van der Waals surface area contributed by atoms with E-state index >= 15 is 0 Å². The number of carbonyl (C=O) groups is 1. The summed E-state index contributed by atoms with van der Waals surface area (Å²) in [5.74, 6) is 0.922. The van der Waals surface area contributed by atoms with E-state index in [2.05, 4.69) is 25.2 Å². The van der Waals surface area contributed by atoms with Gasteiger partial charge in [0.15, 0.2) is 0 Å². The average molecular weight is 350 g/mol. The van der Waals surface area contributed by atoms with E-state index in [0.717, 1.165) is 42.0 Å². The molecule has 2 amide bonds. The highest BCUT2D eigenvalue weighted by Gasteiger charge is 2.30. The molecule has 4 rings (SSSR count). The van der Waals surface area contributed by atoms with E-state index in [1.54, 1.807) is 11.2 Å². The molecular formula is C19H22N6O. The lowest BCUT2D eigenvalue weighted by molar-refractivity contribution is 0.208. The van der Waals surface area contributed by atoms with Crippen molar-refractivity contribution in [1.82, 2.24) is 19.9 Å². The van der Waals surface area contributed by atoms with Gasteiger partial charge >= 0.3 is 6.03 Å². The van der Waals surface area contributed by atoms with Crippen molar-refractivity contribution in [3.8, 4) is 0 Å². The number of aromatic amines is 1. The Balaban J connectivity index is 1.43. The van der Waals surface area contributed by atoms with Crippen LogP contribution in [0.15, 0.2) is 42.9 Å². The molecule has 1 aromatic carbocycles. The fourth-order valence-corrected chi connectivity index (χ4v) is 3.38. The minimum absolute atomic E-state index is 0.0878. The molecule has 1 atom stereocenters. The molecule has 134 valence electrons. The number of carbonyl (C=O) groups excluding carboxylic acids is 1. The number of amides is 2. The number of rotatable bonds is 3. The minimum Gasteiger partial charge on any atom is -0.354 e. The van der Waals surface area contributed by atoms with Crippen molar-refractivity contribution in [1.29, 1.82) is 0 Å². The zero-order valence-electron chi connectivity index (χ0n) is 14.9. The van der Waals surface area contributed by atoms with Gasteiger partial charge in [-0.15, -0.1) is 0 Å². The van der Waals surface area contributed by atoms with Gasteiger partial charge in [0.2, 0.25) is 0 Å². The Labute approximate surface area is 152 Å². The van der Waals surface area contributed by atoms with Crippen molar-refractivity contribution >= 4 is 28.6 Å². The third-order valence-corrected chi connectivity index (χ3v) is 4.97. The highest BCUT2D eigenvalue weighted by Crippen LogP contribution is 2.27. The minimum atomic E-state index is -0.0878. The highest BCUT2D eigenvalue weighted by atomic mass is 16.2. The summed E-state index contributed by atoms with van der Waals surface area (Å²) in [5, 5.41) is 3.98. The SMILES string of the molecule is Cc1ccc(NC(=O)N(C)C2CCN(c3ncnc4[nH]ccc34)C2)cc1.